The molecule has 3 N–H and O–H groups in total. The molecule has 0 aliphatic heterocycles. The molecule has 1 aromatic heterocycles. The number of hydrogen-bond acceptors (Lipinski definition) is 4. The summed E-state index contributed by atoms with van der Waals surface area (Å²) in [5.41, 5.74) is 8.64. The second-order valence-corrected chi connectivity index (χ2v) is 5.79. The van der Waals surface area contributed by atoms with Gasteiger partial charge < -0.3 is 15.8 Å². The van der Waals surface area contributed by atoms with E-state index in [4.69, 9.17) is 10.9 Å². The van der Waals surface area contributed by atoms with Gasteiger partial charge in [0.05, 0.1) is 0 Å². The molecule has 2 aromatic rings. The Morgan fingerprint density at radius 1 is 1.40 bits per heavy atom. The van der Waals surface area contributed by atoms with Crippen LogP contribution in [0.5, 0.6) is 0 Å². The van der Waals surface area contributed by atoms with Crippen molar-refractivity contribution in [3.63, 3.8) is 0 Å². The quantitative estimate of drug-likeness (QED) is 0.385. The summed E-state index contributed by atoms with van der Waals surface area (Å²) in [7, 11) is 2.02. The molecule has 0 bridgehead atoms. The molecule has 0 saturated heterocycles. The van der Waals surface area contributed by atoms with Gasteiger partial charge in [-0.1, -0.05) is 17.3 Å². The number of aryl methyl sites for hydroxylation is 1. The number of oxime groups is 1. The fourth-order valence-electron chi connectivity index (χ4n) is 2.08. The van der Waals surface area contributed by atoms with Crippen LogP contribution in [0.15, 0.2) is 40.9 Å². The largest absolute Gasteiger partial charge is 0.409 e. The van der Waals surface area contributed by atoms with Crippen LogP contribution in [0.2, 0.25) is 0 Å². The van der Waals surface area contributed by atoms with E-state index in [9.17, 15) is 0 Å². The van der Waals surface area contributed by atoms with Gasteiger partial charge in [-0.3, -0.25) is 0 Å². The SMILES string of the molecule is Cc1ccc(C(N)=NO)c(N(C)CCc2cccs2)c1. The molecule has 4 nitrogen and oxygen atoms in total. The zero-order valence-electron chi connectivity index (χ0n) is 11.7. The second-order valence-electron chi connectivity index (χ2n) is 4.76. The fourth-order valence-corrected chi connectivity index (χ4v) is 2.78. The first kappa shape index (κ1) is 14.4. The highest BCUT2D eigenvalue weighted by molar-refractivity contribution is 7.09. The number of nitrogens with zero attached hydrogens (tertiary/aromatic N) is 2. The second kappa shape index (κ2) is 6.43. The number of hydrogen-bond donors (Lipinski definition) is 2. The first-order valence-corrected chi connectivity index (χ1v) is 7.32. The van der Waals surface area contributed by atoms with Gasteiger partial charge in [-0.2, -0.15) is 0 Å². The van der Waals surface area contributed by atoms with E-state index < -0.39 is 0 Å². The maximum absolute atomic E-state index is 8.89. The van der Waals surface area contributed by atoms with E-state index in [1.807, 2.05) is 26.1 Å². The molecular formula is C15H19N3OS. The zero-order chi connectivity index (χ0) is 14.5. The van der Waals surface area contributed by atoms with Gasteiger partial charge in [-0.25, -0.2) is 0 Å². The van der Waals surface area contributed by atoms with Crippen molar-refractivity contribution in [3.05, 3.63) is 51.7 Å². The van der Waals surface area contributed by atoms with Crippen LogP contribution < -0.4 is 10.6 Å². The average Bonchev–Trinajstić information content (AvgIpc) is 2.97. The molecular weight excluding hydrogens is 270 g/mol. The van der Waals surface area contributed by atoms with Crippen LogP contribution in [0.4, 0.5) is 5.69 Å². The number of nitrogens with two attached hydrogens (primary N) is 1. The summed E-state index contributed by atoms with van der Waals surface area (Å²) >= 11 is 1.76. The molecule has 106 valence electrons. The average molecular weight is 289 g/mol. The van der Waals surface area contributed by atoms with Gasteiger partial charge in [0.15, 0.2) is 5.84 Å². The number of likely N-dealkylation sites (N-methyl/N-ethyl adjacent to an activating group) is 1. The lowest BCUT2D eigenvalue weighted by atomic mass is 10.1. The molecule has 0 fully saturated rings. The van der Waals surface area contributed by atoms with Gasteiger partial charge in [0.25, 0.3) is 0 Å². The van der Waals surface area contributed by atoms with E-state index in [1.54, 1.807) is 11.3 Å². The van der Waals surface area contributed by atoms with Crippen molar-refractivity contribution in [2.75, 3.05) is 18.5 Å². The van der Waals surface area contributed by atoms with Crippen LogP contribution in [0.1, 0.15) is 16.0 Å². The van der Waals surface area contributed by atoms with Crippen molar-refractivity contribution in [3.8, 4) is 0 Å². The fraction of sp³-hybridized carbons (Fsp3) is 0.267. The third-order valence-electron chi connectivity index (χ3n) is 3.22. The van der Waals surface area contributed by atoms with Crippen LogP contribution in [0.3, 0.4) is 0 Å². The summed E-state index contributed by atoms with van der Waals surface area (Å²) in [5.74, 6) is 0.142. The molecule has 0 aliphatic rings. The van der Waals surface area contributed by atoms with E-state index >= 15 is 0 Å². The predicted octanol–water partition coefficient (Wildman–Crippen LogP) is 2.83. The molecule has 0 aliphatic carbocycles. The highest BCUT2D eigenvalue weighted by Gasteiger charge is 2.11. The number of rotatable bonds is 5. The molecule has 0 spiro atoms. The third kappa shape index (κ3) is 3.30. The number of thiophene rings is 1. The summed E-state index contributed by atoms with van der Waals surface area (Å²) in [4.78, 5) is 3.50. The molecule has 0 atom stereocenters. The first-order valence-electron chi connectivity index (χ1n) is 6.44. The zero-order valence-corrected chi connectivity index (χ0v) is 12.5. The molecule has 0 unspecified atom stereocenters. The van der Waals surface area contributed by atoms with Crippen molar-refractivity contribution < 1.29 is 5.21 Å². The number of amidine groups is 1. The van der Waals surface area contributed by atoms with Crippen molar-refractivity contribution in [1.29, 1.82) is 0 Å². The van der Waals surface area contributed by atoms with Crippen LogP contribution >= 0.6 is 11.3 Å². The van der Waals surface area contributed by atoms with E-state index in [0.717, 1.165) is 29.8 Å². The Bertz CT molecular complexity index is 593. The normalized spacial score (nSPS) is 11.6. The van der Waals surface area contributed by atoms with Gasteiger partial charge >= 0.3 is 0 Å². The van der Waals surface area contributed by atoms with E-state index in [2.05, 4.69) is 33.6 Å². The molecule has 0 amide bonds. The molecule has 0 radical (unpaired) electrons. The third-order valence-corrected chi connectivity index (χ3v) is 4.16. The maximum Gasteiger partial charge on any atom is 0.172 e. The Kier molecular flexibility index (Phi) is 4.63. The molecule has 1 aromatic carbocycles. The Morgan fingerprint density at radius 3 is 2.85 bits per heavy atom. The van der Waals surface area contributed by atoms with Crippen molar-refractivity contribution in [2.45, 2.75) is 13.3 Å². The summed E-state index contributed by atoms with van der Waals surface area (Å²) in [6.45, 7) is 2.92. The van der Waals surface area contributed by atoms with Gasteiger partial charge in [-0.05, 0) is 42.5 Å². The van der Waals surface area contributed by atoms with Crippen molar-refractivity contribution in [2.24, 2.45) is 10.9 Å². The molecule has 0 saturated carbocycles. The van der Waals surface area contributed by atoms with Gasteiger partial charge in [0, 0.05) is 29.7 Å². The Labute approximate surface area is 123 Å². The topological polar surface area (TPSA) is 61.9 Å². The van der Waals surface area contributed by atoms with Crippen LogP contribution in [-0.4, -0.2) is 24.6 Å². The summed E-state index contributed by atoms with van der Waals surface area (Å²) in [6, 6.07) is 10.1. The molecule has 20 heavy (non-hydrogen) atoms. The predicted molar refractivity (Wildman–Crippen MR) is 85.0 cm³/mol. The maximum atomic E-state index is 8.89. The smallest absolute Gasteiger partial charge is 0.172 e. The molecule has 5 heteroatoms. The Hall–Kier alpha value is -2.01. The monoisotopic (exact) mass is 289 g/mol. The lowest BCUT2D eigenvalue weighted by molar-refractivity contribution is 0.318. The highest BCUT2D eigenvalue weighted by atomic mass is 32.1. The molecule has 1 heterocycles. The Morgan fingerprint density at radius 2 is 2.20 bits per heavy atom. The summed E-state index contributed by atoms with van der Waals surface area (Å²) < 4.78 is 0. The van der Waals surface area contributed by atoms with Gasteiger partial charge in [0.2, 0.25) is 0 Å². The minimum Gasteiger partial charge on any atom is -0.409 e. The van der Waals surface area contributed by atoms with Crippen LogP contribution in [-0.2, 0) is 6.42 Å². The van der Waals surface area contributed by atoms with E-state index in [0.29, 0.717) is 0 Å². The number of benzene rings is 1. The van der Waals surface area contributed by atoms with Crippen LogP contribution in [0.25, 0.3) is 0 Å². The van der Waals surface area contributed by atoms with Crippen molar-refractivity contribution in [1.82, 2.24) is 0 Å². The number of anilines is 1. The summed E-state index contributed by atoms with van der Waals surface area (Å²) in [5, 5.41) is 14.1. The molecule has 2 rings (SSSR count). The first-order chi connectivity index (χ1) is 9.61. The van der Waals surface area contributed by atoms with Crippen molar-refractivity contribution >= 4 is 22.9 Å². The standard InChI is InChI=1S/C15H19N3OS/c1-11-5-6-13(15(16)17-19)14(10-11)18(2)8-7-12-4-3-9-20-12/h3-6,9-10,19H,7-8H2,1-2H3,(H2,16,17). The van der Waals surface area contributed by atoms with Gasteiger partial charge in [-0.15, -0.1) is 11.3 Å². The lowest BCUT2D eigenvalue weighted by Gasteiger charge is -2.22. The van der Waals surface area contributed by atoms with E-state index in [1.165, 1.54) is 4.88 Å². The Balaban J connectivity index is 2.19. The van der Waals surface area contributed by atoms with Gasteiger partial charge in [0.1, 0.15) is 0 Å². The van der Waals surface area contributed by atoms with E-state index in [-0.39, 0.29) is 5.84 Å². The minimum absolute atomic E-state index is 0.142. The highest BCUT2D eigenvalue weighted by Crippen LogP contribution is 2.22. The lowest BCUT2D eigenvalue weighted by Crippen LogP contribution is -2.25. The summed E-state index contributed by atoms with van der Waals surface area (Å²) in [6.07, 6.45) is 0.984. The minimum atomic E-state index is 0.142. The van der Waals surface area contributed by atoms with Crippen LogP contribution in [0, 0.1) is 6.92 Å².